The fourth-order valence-electron chi connectivity index (χ4n) is 2.42. The molecule has 1 aromatic rings. The summed E-state index contributed by atoms with van der Waals surface area (Å²) in [6, 6.07) is 4.67. The van der Waals surface area contributed by atoms with Crippen LogP contribution in [0.2, 0.25) is 0 Å². The van der Waals surface area contributed by atoms with Crippen molar-refractivity contribution in [1.29, 1.82) is 0 Å². The van der Waals surface area contributed by atoms with Crippen molar-refractivity contribution in [2.24, 2.45) is 0 Å². The number of rotatable bonds is 4. The molecule has 1 unspecified atom stereocenters. The predicted molar refractivity (Wildman–Crippen MR) is 78.7 cm³/mol. The van der Waals surface area contributed by atoms with Crippen LogP contribution in [-0.2, 0) is 9.84 Å². The number of amides is 1. The van der Waals surface area contributed by atoms with Crippen molar-refractivity contribution in [3.8, 4) is 11.5 Å². The topological polar surface area (TPSA) is 72.9 Å². The van der Waals surface area contributed by atoms with E-state index < -0.39 is 9.84 Å². The number of benzene rings is 1. The molecule has 1 atom stereocenters. The van der Waals surface area contributed by atoms with Crippen molar-refractivity contribution in [3.05, 3.63) is 23.8 Å². The average Bonchev–Trinajstić information content (AvgIpc) is 2.85. The maximum Gasteiger partial charge on any atom is 0.257 e. The summed E-state index contributed by atoms with van der Waals surface area (Å²) >= 11 is 0. The van der Waals surface area contributed by atoms with E-state index in [0.717, 1.165) is 0 Å². The molecule has 2 rings (SSSR count). The largest absolute Gasteiger partial charge is 0.497 e. The number of carbonyl (C=O) groups excluding carboxylic acids is 1. The summed E-state index contributed by atoms with van der Waals surface area (Å²) < 4.78 is 33.4. The van der Waals surface area contributed by atoms with Crippen LogP contribution in [0.1, 0.15) is 16.8 Å². The first kappa shape index (κ1) is 15.6. The second kappa shape index (κ2) is 5.93. The van der Waals surface area contributed by atoms with Crippen molar-refractivity contribution < 1.29 is 22.7 Å². The summed E-state index contributed by atoms with van der Waals surface area (Å²) in [7, 11) is 1.59. The third-order valence-corrected chi connectivity index (χ3v) is 5.46. The number of hydrogen-bond acceptors (Lipinski definition) is 5. The van der Waals surface area contributed by atoms with Crippen molar-refractivity contribution in [2.75, 3.05) is 32.8 Å². The molecule has 21 heavy (non-hydrogen) atoms. The summed E-state index contributed by atoms with van der Waals surface area (Å²) in [5.74, 6) is 0.861. The van der Waals surface area contributed by atoms with Crippen LogP contribution in [0.3, 0.4) is 0 Å². The van der Waals surface area contributed by atoms with E-state index in [1.54, 1.807) is 25.2 Å². The Bertz CT molecular complexity index is 641. The van der Waals surface area contributed by atoms with Gasteiger partial charge in [0.25, 0.3) is 5.91 Å². The second-order valence-corrected chi connectivity index (χ2v) is 7.27. The molecule has 1 aromatic carbocycles. The molecule has 116 valence electrons. The van der Waals surface area contributed by atoms with Gasteiger partial charge in [0.2, 0.25) is 0 Å². The Labute approximate surface area is 124 Å². The van der Waals surface area contributed by atoms with Crippen LogP contribution < -0.4 is 9.47 Å². The molecule has 1 fully saturated rings. The van der Waals surface area contributed by atoms with Gasteiger partial charge in [-0.05, 0) is 24.6 Å². The third-order valence-electron chi connectivity index (χ3n) is 3.71. The predicted octanol–water partition coefficient (Wildman–Crippen LogP) is 0.963. The van der Waals surface area contributed by atoms with E-state index >= 15 is 0 Å². The quantitative estimate of drug-likeness (QED) is 0.828. The molecule has 1 aliphatic heterocycles. The molecule has 1 aliphatic rings. The Morgan fingerprint density at radius 1 is 1.29 bits per heavy atom. The van der Waals surface area contributed by atoms with Gasteiger partial charge in [0.05, 0.1) is 31.3 Å². The van der Waals surface area contributed by atoms with Gasteiger partial charge in [0.1, 0.15) is 11.5 Å². The summed E-state index contributed by atoms with van der Waals surface area (Å²) in [5.41, 5.74) is 0.364. The van der Waals surface area contributed by atoms with Crippen molar-refractivity contribution in [2.45, 2.75) is 12.5 Å². The number of carbonyl (C=O) groups is 1. The zero-order chi connectivity index (χ0) is 15.6. The van der Waals surface area contributed by atoms with E-state index in [4.69, 9.17) is 9.47 Å². The van der Waals surface area contributed by atoms with Crippen LogP contribution in [0.5, 0.6) is 11.5 Å². The highest BCUT2D eigenvalue weighted by molar-refractivity contribution is 7.91. The first-order valence-electron chi connectivity index (χ1n) is 6.57. The maximum atomic E-state index is 12.6. The lowest BCUT2D eigenvalue weighted by Gasteiger charge is -2.24. The molecule has 0 aliphatic carbocycles. The highest BCUT2D eigenvalue weighted by Gasteiger charge is 2.33. The molecule has 0 bridgehead atoms. The maximum absolute atomic E-state index is 12.6. The van der Waals surface area contributed by atoms with E-state index in [9.17, 15) is 13.2 Å². The Hall–Kier alpha value is -1.76. The molecule has 0 aromatic heterocycles. The van der Waals surface area contributed by atoms with Gasteiger partial charge in [-0.15, -0.1) is 0 Å². The smallest absolute Gasteiger partial charge is 0.257 e. The van der Waals surface area contributed by atoms with Crippen LogP contribution in [0.25, 0.3) is 0 Å². The number of ether oxygens (including phenoxy) is 2. The summed E-state index contributed by atoms with van der Waals surface area (Å²) in [4.78, 5) is 14.1. The van der Waals surface area contributed by atoms with E-state index in [-0.39, 0.29) is 23.5 Å². The molecule has 1 saturated heterocycles. The van der Waals surface area contributed by atoms with Gasteiger partial charge in [-0.25, -0.2) is 8.42 Å². The van der Waals surface area contributed by atoms with Gasteiger partial charge in [-0.3, -0.25) is 4.79 Å². The van der Waals surface area contributed by atoms with Crippen molar-refractivity contribution in [1.82, 2.24) is 4.90 Å². The number of sulfone groups is 1. The molecule has 0 spiro atoms. The number of nitrogens with zero attached hydrogens (tertiary/aromatic N) is 1. The lowest BCUT2D eigenvalue weighted by Crippen LogP contribution is -2.38. The Balaban J connectivity index is 2.27. The fraction of sp³-hybridized carbons (Fsp3) is 0.500. The number of methoxy groups -OCH3 is 2. The molecule has 6 nitrogen and oxygen atoms in total. The molecular formula is C14H19NO5S. The van der Waals surface area contributed by atoms with Crippen LogP contribution in [0, 0.1) is 0 Å². The molecule has 1 heterocycles. The SMILES string of the molecule is COc1ccc(OC)c(C(=O)N(C)C2CCS(=O)(=O)C2)c1. The number of hydrogen-bond donors (Lipinski definition) is 0. The second-order valence-electron chi connectivity index (χ2n) is 5.04. The van der Waals surface area contributed by atoms with Crippen LogP contribution in [-0.4, -0.2) is 58.0 Å². The molecule has 1 amide bonds. The highest BCUT2D eigenvalue weighted by Crippen LogP contribution is 2.27. The zero-order valence-electron chi connectivity index (χ0n) is 12.3. The van der Waals surface area contributed by atoms with Gasteiger partial charge in [-0.2, -0.15) is 0 Å². The van der Waals surface area contributed by atoms with Crippen LogP contribution in [0.4, 0.5) is 0 Å². The summed E-state index contributed by atoms with van der Waals surface area (Å²) in [6.07, 6.45) is 0.469. The standard InChI is InChI=1S/C14H19NO5S/c1-15(10-6-7-21(17,18)9-10)14(16)12-8-11(19-2)4-5-13(12)20-3/h4-5,8,10H,6-7,9H2,1-3H3. The summed E-state index contributed by atoms with van der Waals surface area (Å²) in [5, 5.41) is 0. The van der Waals surface area contributed by atoms with E-state index in [2.05, 4.69) is 0 Å². The van der Waals surface area contributed by atoms with E-state index in [1.165, 1.54) is 19.1 Å². The molecule has 0 N–H and O–H groups in total. The van der Waals surface area contributed by atoms with Gasteiger partial charge < -0.3 is 14.4 Å². The summed E-state index contributed by atoms with van der Waals surface area (Å²) in [6.45, 7) is 0. The Morgan fingerprint density at radius 3 is 2.52 bits per heavy atom. The minimum atomic E-state index is -3.03. The van der Waals surface area contributed by atoms with E-state index in [0.29, 0.717) is 23.5 Å². The monoisotopic (exact) mass is 313 g/mol. The van der Waals surface area contributed by atoms with Gasteiger partial charge in [0, 0.05) is 13.1 Å². The van der Waals surface area contributed by atoms with Gasteiger partial charge >= 0.3 is 0 Å². The van der Waals surface area contributed by atoms with Gasteiger partial charge in [0.15, 0.2) is 9.84 Å². The van der Waals surface area contributed by atoms with Crippen LogP contribution >= 0.6 is 0 Å². The lowest BCUT2D eigenvalue weighted by molar-refractivity contribution is 0.0744. The Kier molecular flexibility index (Phi) is 4.41. The minimum Gasteiger partial charge on any atom is -0.497 e. The van der Waals surface area contributed by atoms with E-state index in [1.807, 2.05) is 0 Å². The lowest BCUT2D eigenvalue weighted by atomic mass is 10.1. The third kappa shape index (κ3) is 3.29. The molecule has 0 radical (unpaired) electrons. The van der Waals surface area contributed by atoms with Crippen molar-refractivity contribution >= 4 is 15.7 Å². The molecular weight excluding hydrogens is 294 g/mol. The fourth-order valence-corrected chi connectivity index (χ4v) is 4.19. The zero-order valence-corrected chi connectivity index (χ0v) is 13.1. The molecule has 7 heteroatoms. The first-order chi connectivity index (χ1) is 9.88. The van der Waals surface area contributed by atoms with Crippen molar-refractivity contribution in [3.63, 3.8) is 0 Å². The Morgan fingerprint density at radius 2 is 2.00 bits per heavy atom. The van der Waals surface area contributed by atoms with Gasteiger partial charge in [-0.1, -0.05) is 0 Å². The normalized spacial score (nSPS) is 20.0. The highest BCUT2D eigenvalue weighted by atomic mass is 32.2. The first-order valence-corrected chi connectivity index (χ1v) is 8.39. The minimum absolute atomic E-state index is 0.0154. The molecule has 0 saturated carbocycles. The average molecular weight is 313 g/mol. The van der Waals surface area contributed by atoms with Crippen LogP contribution in [0.15, 0.2) is 18.2 Å².